The lowest BCUT2D eigenvalue weighted by atomic mass is 9.57. The van der Waals surface area contributed by atoms with Crippen LogP contribution in [0.5, 0.6) is 0 Å². The fourth-order valence-corrected chi connectivity index (χ4v) is 9.58. The lowest BCUT2D eigenvalue weighted by molar-refractivity contribution is 0.590. The van der Waals surface area contributed by atoms with Crippen molar-refractivity contribution in [2.45, 2.75) is 66.2 Å². The fraction of sp³-hybridized carbons (Fsp3) is 0.172. The molecule has 0 radical (unpaired) electrons. The van der Waals surface area contributed by atoms with Crippen LogP contribution >= 0.6 is 0 Å². The molecule has 9 aromatic rings. The Hall–Kier alpha value is -6.78. The molecule has 0 fully saturated rings. The normalized spacial score (nSPS) is 12.6. The summed E-state index contributed by atoms with van der Waals surface area (Å²) in [6.07, 6.45) is 0. The van der Waals surface area contributed by atoms with Gasteiger partial charge in [0.25, 0.3) is 0 Å². The molecule has 1 aromatic heterocycles. The SMILES string of the molecule is Cc1cccc(C)c1-c1cc(-c2ccccc2Nc2ccc(C(C)(C)C)cc2)c2c(c1)N(c1ccc(C(C)(C)C)cc1-c1ccccc1)c1c(ccc3oc4ccccc4c13)B2. The summed E-state index contributed by atoms with van der Waals surface area (Å²) in [6, 6.07) is 60.3. The number of nitrogens with zero attached hydrogens (tertiary/aromatic N) is 1. The molecule has 3 nitrogen and oxygen atoms in total. The fourth-order valence-electron chi connectivity index (χ4n) is 9.58. The largest absolute Gasteiger partial charge is 0.456 e. The summed E-state index contributed by atoms with van der Waals surface area (Å²) in [5.41, 5.74) is 22.4. The Kier molecular flexibility index (Phi) is 9.52. The molecule has 8 aromatic carbocycles. The monoisotopic (exact) mass is 804 g/mol. The van der Waals surface area contributed by atoms with Crippen LogP contribution in [-0.4, -0.2) is 7.28 Å². The zero-order valence-electron chi connectivity index (χ0n) is 37.2. The smallest absolute Gasteiger partial charge is 0.198 e. The average molecular weight is 805 g/mol. The maximum absolute atomic E-state index is 6.65. The molecule has 0 unspecified atom stereocenters. The minimum Gasteiger partial charge on any atom is -0.456 e. The molecule has 4 heteroatoms. The van der Waals surface area contributed by atoms with Crippen LogP contribution in [0, 0.1) is 13.8 Å². The first-order valence-electron chi connectivity index (χ1n) is 22.0. The highest BCUT2D eigenvalue weighted by molar-refractivity contribution is 6.74. The Labute approximate surface area is 367 Å². The van der Waals surface area contributed by atoms with Crippen LogP contribution in [0.3, 0.4) is 0 Å². The van der Waals surface area contributed by atoms with Crippen LogP contribution in [0.15, 0.2) is 168 Å². The number of aryl methyl sites for hydroxylation is 2. The third-order valence-corrected chi connectivity index (χ3v) is 12.9. The molecule has 0 saturated heterocycles. The minimum absolute atomic E-state index is 0.0414. The van der Waals surface area contributed by atoms with Crippen molar-refractivity contribution in [2.75, 3.05) is 10.2 Å². The molecule has 1 aliphatic heterocycles. The average Bonchev–Trinajstić information content (AvgIpc) is 3.64. The zero-order chi connectivity index (χ0) is 42.9. The highest BCUT2D eigenvalue weighted by atomic mass is 16.3. The molecule has 1 aliphatic rings. The predicted molar refractivity (Wildman–Crippen MR) is 268 cm³/mol. The van der Waals surface area contributed by atoms with E-state index >= 15 is 0 Å². The zero-order valence-corrected chi connectivity index (χ0v) is 37.2. The van der Waals surface area contributed by atoms with Crippen LogP contribution in [0.4, 0.5) is 28.4 Å². The predicted octanol–water partition coefficient (Wildman–Crippen LogP) is 14.7. The van der Waals surface area contributed by atoms with Crippen LogP contribution in [0.25, 0.3) is 55.3 Å². The van der Waals surface area contributed by atoms with E-state index in [-0.39, 0.29) is 10.8 Å². The number of hydrogen-bond donors (Lipinski definition) is 1. The number of para-hydroxylation sites is 2. The summed E-state index contributed by atoms with van der Waals surface area (Å²) >= 11 is 0. The quantitative estimate of drug-likeness (QED) is 0.170. The van der Waals surface area contributed by atoms with Gasteiger partial charge in [0.1, 0.15) is 11.2 Å². The van der Waals surface area contributed by atoms with Crippen LogP contribution in [-0.2, 0) is 10.8 Å². The van der Waals surface area contributed by atoms with Gasteiger partial charge in [-0.2, -0.15) is 0 Å². The van der Waals surface area contributed by atoms with E-state index in [1.54, 1.807) is 0 Å². The Morgan fingerprint density at radius 3 is 1.94 bits per heavy atom. The second-order valence-electron chi connectivity index (χ2n) is 19.2. The molecule has 10 rings (SSSR count). The van der Waals surface area contributed by atoms with Gasteiger partial charge in [0.05, 0.1) is 16.8 Å². The number of benzene rings is 8. The van der Waals surface area contributed by atoms with Crippen LogP contribution in [0.1, 0.15) is 63.8 Å². The molecule has 62 heavy (non-hydrogen) atoms. The number of furan rings is 1. The van der Waals surface area contributed by atoms with Gasteiger partial charge in [0.15, 0.2) is 7.28 Å². The van der Waals surface area contributed by atoms with E-state index in [0.29, 0.717) is 0 Å². The van der Waals surface area contributed by atoms with Gasteiger partial charge >= 0.3 is 0 Å². The number of rotatable bonds is 6. The van der Waals surface area contributed by atoms with Crippen molar-refractivity contribution in [1.82, 2.24) is 0 Å². The molecule has 0 aliphatic carbocycles. The summed E-state index contributed by atoms with van der Waals surface area (Å²) in [7, 11) is 0.758. The minimum atomic E-state index is -0.0414. The van der Waals surface area contributed by atoms with E-state index < -0.39 is 0 Å². The molecule has 2 heterocycles. The topological polar surface area (TPSA) is 28.4 Å². The summed E-state index contributed by atoms with van der Waals surface area (Å²) in [6.45, 7) is 18.2. The molecule has 0 saturated carbocycles. The van der Waals surface area contributed by atoms with E-state index in [9.17, 15) is 0 Å². The van der Waals surface area contributed by atoms with E-state index in [0.717, 1.165) is 46.3 Å². The first-order chi connectivity index (χ1) is 29.8. The maximum Gasteiger partial charge on any atom is 0.198 e. The van der Waals surface area contributed by atoms with Crippen molar-refractivity contribution in [2.24, 2.45) is 0 Å². The van der Waals surface area contributed by atoms with Gasteiger partial charge in [-0.1, -0.05) is 156 Å². The summed E-state index contributed by atoms with van der Waals surface area (Å²) in [5, 5.41) is 6.13. The van der Waals surface area contributed by atoms with E-state index in [1.165, 1.54) is 77.9 Å². The lowest BCUT2D eigenvalue weighted by Gasteiger charge is -2.37. The number of anilines is 5. The van der Waals surface area contributed by atoms with E-state index in [1.807, 2.05) is 0 Å². The van der Waals surface area contributed by atoms with Crippen molar-refractivity contribution in [1.29, 1.82) is 0 Å². The van der Waals surface area contributed by atoms with Gasteiger partial charge in [0, 0.05) is 33.6 Å². The number of nitrogens with one attached hydrogen (secondary N) is 1. The van der Waals surface area contributed by atoms with Gasteiger partial charge in [0.2, 0.25) is 0 Å². The lowest BCUT2D eigenvalue weighted by Crippen LogP contribution is -2.41. The van der Waals surface area contributed by atoms with Gasteiger partial charge in [-0.15, -0.1) is 0 Å². The van der Waals surface area contributed by atoms with Crippen molar-refractivity contribution >= 4 is 68.6 Å². The highest BCUT2D eigenvalue weighted by Gasteiger charge is 2.34. The molecule has 0 amide bonds. The van der Waals surface area contributed by atoms with Crippen molar-refractivity contribution in [3.8, 4) is 33.4 Å². The van der Waals surface area contributed by atoms with E-state index in [4.69, 9.17) is 4.42 Å². The van der Waals surface area contributed by atoms with Crippen molar-refractivity contribution in [3.63, 3.8) is 0 Å². The Balaban J connectivity index is 1.30. The Morgan fingerprint density at radius 1 is 0.516 bits per heavy atom. The standard InChI is InChI=1S/C58H53BN2O/c1-36-17-16-18-37(2)53(36)39-33-46(43-21-12-14-23-48(43)60-42-28-25-40(26-29-42)57(3,4)5)55-50(34-39)61(49-31-27-41(58(6,7)8)35-45(49)38-19-10-9-11-20-38)56-47(59-55)30-32-52-54(56)44-22-13-15-24-51(44)62-52/h9-35,59-60H,1-8H3. The third kappa shape index (κ3) is 6.88. The molecule has 0 atom stereocenters. The molecule has 1 N–H and O–H groups in total. The maximum atomic E-state index is 6.65. The molecule has 0 bridgehead atoms. The van der Waals surface area contributed by atoms with Gasteiger partial charge < -0.3 is 14.6 Å². The first kappa shape index (κ1) is 39.4. The number of hydrogen-bond acceptors (Lipinski definition) is 3. The molecular formula is C58H53BN2O. The molecule has 304 valence electrons. The summed E-state index contributed by atoms with van der Waals surface area (Å²) in [4.78, 5) is 2.58. The van der Waals surface area contributed by atoms with Gasteiger partial charge in [-0.3, -0.25) is 0 Å². The Bertz CT molecular complexity index is 3140. The van der Waals surface area contributed by atoms with Gasteiger partial charge in [-0.25, -0.2) is 0 Å². The Morgan fingerprint density at radius 2 is 1.19 bits per heavy atom. The van der Waals surface area contributed by atoms with Crippen LogP contribution < -0.4 is 21.1 Å². The highest BCUT2D eigenvalue weighted by Crippen LogP contribution is 2.49. The van der Waals surface area contributed by atoms with Crippen LogP contribution in [0.2, 0.25) is 0 Å². The second-order valence-corrected chi connectivity index (χ2v) is 19.2. The van der Waals surface area contributed by atoms with Gasteiger partial charge in [-0.05, 0) is 129 Å². The number of fused-ring (bicyclic) bond motifs is 6. The molecular weight excluding hydrogens is 751 g/mol. The second kappa shape index (κ2) is 15.0. The first-order valence-corrected chi connectivity index (χ1v) is 22.0. The third-order valence-electron chi connectivity index (χ3n) is 12.9. The van der Waals surface area contributed by atoms with E-state index in [2.05, 4.69) is 229 Å². The summed E-state index contributed by atoms with van der Waals surface area (Å²) < 4.78 is 6.65. The molecule has 0 spiro atoms. The van der Waals surface area contributed by atoms with Crippen molar-refractivity contribution in [3.05, 3.63) is 186 Å². The van der Waals surface area contributed by atoms with Crippen molar-refractivity contribution < 1.29 is 4.42 Å². The summed E-state index contributed by atoms with van der Waals surface area (Å²) in [5.74, 6) is 0.